The summed E-state index contributed by atoms with van der Waals surface area (Å²) in [6.45, 7) is 0. The molecule has 0 saturated heterocycles. The van der Waals surface area contributed by atoms with Gasteiger partial charge in [-0.15, -0.1) is 0 Å². The maximum absolute atomic E-state index is 14.9. The number of amides is 2. The van der Waals surface area contributed by atoms with E-state index in [2.05, 4.69) is 10.3 Å². The van der Waals surface area contributed by atoms with Gasteiger partial charge in [-0.3, -0.25) is 14.6 Å². The number of anilines is 1. The number of carbonyl (C=O) groups is 2. The van der Waals surface area contributed by atoms with Crippen LogP contribution in [0.2, 0.25) is 0 Å². The topological polar surface area (TPSA) is 104 Å². The maximum atomic E-state index is 14.9. The molecule has 0 unspecified atom stereocenters. The van der Waals surface area contributed by atoms with Crippen molar-refractivity contribution in [2.24, 2.45) is 5.73 Å². The first kappa shape index (κ1) is 23.4. The van der Waals surface area contributed by atoms with Crippen LogP contribution < -0.4 is 20.5 Å². The van der Waals surface area contributed by atoms with E-state index in [1.165, 1.54) is 13.2 Å². The molecule has 0 spiro atoms. The van der Waals surface area contributed by atoms with Crippen LogP contribution in [0.25, 0.3) is 0 Å². The summed E-state index contributed by atoms with van der Waals surface area (Å²) in [6.07, 6.45) is -4.00. The molecule has 3 rings (SSSR count). The number of alkyl halides is 3. The Labute approximate surface area is 182 Å². The molecular weight excluding hydrogens is 453 g/mol. The maximum Gasteiger partial charge on any atom is 0.419 e. The molecule has 172 valence electrons. The first-order valence-electron chi connectivity index (χ1n) is 8.99. The number of carbonyl (C=O) groups excluding carboxylic acids is 2. The average Bonchev–Trinajstić information content (AvgIpc) is 2.74. The number of ether oxygens (including phenoxy) is 2. The van der Waals surface area contributed by atoms with Gasteiger partial charge in [-0.1, -0.05) is 0 Å². The number of nitrogens with two attached hydrogens (primary N) is 1. The van der Waals surface area contributed by atoms with E-state index >= 15 is 0 Å². The van der Waals surface area contributed by atoms with Crippen LogP contribution in [0.15, 0.2) is 48.7 Å². The molecule has 2 amide bonds. The number of halogens is 5. The molecule has 3 N–H and O–H groups in total. The first-order valence-corrected chi connectivity index (χ1v) is 8.99. The zero-order valence-corrected chi connectivity index (χ0v) is 16.7. The van der Waals surface area contributed by atoms with E-state index in [1.54, 1.807) is 0 Å². The largest absolute Gasteiger partial charge is 0.493 e. The molecule has 2 aromatic carbocycles. The Morgan fingerprint density at radius 3 is 2.33 bits per heavy atom. The van der Waals surface area contributed by atoms with Crippen LogP contribution in [0.1, 0.15) is 26.4 Å². The molecule has 0 aliphatic heterocycles. The molecule has 12 heteroatoms. The summed E-state index contributed by atoms with van der Waals surface area (Å²) >= 11 is 0. The molecule has 3 aromatic rings. The van der Waals surface area contributed by atoms with Gasteiger partial charge in [0.05, 0.1) is 12.7 Å². The van der Waals surface area contributed by atoms with Crippen LogP contribution in [0, 0.1) is 11.6 Å². The van der Waals surface area contributed by atoms with Gasteiger partial charge in [-0.05, 0) is 36.4 Å². The number of hydrogen-bond donors (Lipinski definition) is 2. The minimum absolute atomic E-state index is 0.0917. The predicted octanol–water partition coefficient (Wildman–Crippen LogP) is 4.53. The minimum Gasteiger partial charge on any atom is -0.493 e. The molecule has 0 saturated carbocycles. The minimum atomic E-state index is -5.11. The second kappa shape index (κ2) is 9.10. The zero-order valence-electron chi connectivity index (χ0n) is 16.7. The van der Waals surface area contributed by atoms with E-state index in [9.17, 15) is 31.5 Å². The van der Waals surface area contributed by atoms with Crippen molar-refractivity contribution < 1.29 is 41.0 Å². The van der Waals surface area contributed by atoms with Gasteiger partial charge >= 0.3 is 6.18 Å². The standard InChI is InChI=1S/C21H14F5N3O4/c1-32-16-8-10(22)2-4-14(16)33-15-5-3-12(21(24,25)26)18(23)17(15)20(31)29-11-6-7-28-13(9-11)19(27)30/h2-9H,1H3,(H2,27,30)(H,28,29,31). The Kier molecular flexibility index (Phi) is 6.47. The fourth-order valence-corrected chi connectivity index (χ4v) is 2.75. The predicted molar refractivity (Wildman–Crippen MR) is 105 cm³/mol. The van der Waals surface area contributed by atoms with Gasteiger partial charge in [-0.2, -0.15) is 13.2 Å². The normalized spacial score (nSPS) is 11.1. The highest BCUT2D eigenvalue weighted by atomic mass is 19.4. The molecule has 0 radical (unpaired) electrons. The van der Waals surface area contributed by atoms with Crippen molar-refractivity contribution in [3.63, 3.8) is 0 Å². The van der Waals surface area contributed by atoms with E-state index in [4.69, 9.17) is 15.2 Å². The second-order valence-corrected chi connectivity index (χ2v) is 6.44. The summed E-state index contributed by atoms with van der Waals surface area (Å²) in [7, 11) is 1.18. The molecule has 0 aliphatic carbocycles. The number of primary amides is 1. The lowest BCUT2D eigenvalue weighted by Crippen LogP contribution is -2.19. The third kappa shape index (κ3) is 5.17. The van der Waals surface area contributed by atoms with Crippen LogP contribution in [-0.4, -0.2) is 23.9 Å². The highest BCUT2D eigenvalue weighted by Crippen LogP contribution is 2.39. The van der Waals surface area contributed by atoms with Gasteiger partial charge in [0.15, 0.2) is 17.3 Å². The van der Waals surface area contributed by atoms with Crippen LogP contribution >= 0.6 is 0 Å². The van der Waals surface area contributed by atoms with E-state index < -0.39 is 46.5 Å². The number of hydrogen-bond acceptors (Lipinski definition) is 5. The lowest BCUT2D eigenvalue weighted by molar-refractivity contribution is -0.140. The summed E-state index contributed by atoms with van der Waals surface area (Å²) in [5.41, 5.74) is 1.97. The molecule has 1 aromatic heterocycles. The number of pyridine rings is 1. The summed E-state index contributed by atoms with van der Waals surface area (Å²) in [6, 6.07) is 6.39. The Morgan fingerprint density at radius 2 is 1.70 bits per heavy atom. The van der Waals surface area contributed by atoms with E-state index in [0.29, 0.717) is 6.07 Å². The van der Waals surface area contributed by atoms with Crippen molar-refractivity contribution in [1.29, 1.82) is 0 Å². The molecule has 1 heterocycles. The number of nitrogens with one attached hydrogen (secondary N) is 1. The van der Waals surface area contributed by atoms with Crippen molar-refractivity contribution in [3.8, 4) is 17.2 Å². The second-order valence-electron chi connectivity index (χ2n) is 6.44. The molecule has 33 heavy (non-hydrogen) atoms. The Morgan fingerprint density at radius 1 is 1.00 bits per heavy atom. The van der Waals surface area contributed by atoms with Crippen LogP contribution in [-0.2, 0) is 6.18 Å². The zero-order chi connectivity index (χ0) is 24.3. The Bertz CT molecular complexity index is 1230. The number of rotatable bonds is 6. The summed E-state index contributed by atoms with van der Waals surface area (Å²) < 4.78 is 78.4. The first-order chi connectivity index (χ1) is 15.5. The quantitative estimate of drug-likeness (QED) is 0.519. The molecule has 0 fully saturated rings. The number of aromatic nitrogens is 1. The summed E-state index contributed by atoms with van der Waals surface area (Å²) in [4.78, 5) is 27.7. The lowest BCUT2D eigenvalue weighted by atomic mass is 10.1. The summed E-state index contributed by atoms with van der Waals surface area (Å²) in [5, 5.41) is 2.17. The lowest BCUT2D eigenvalue weighted by Gasteiger charge is -2.17. The number of methoxy groups -OCH3 is 1. The van der Waals surface area contributed by atoms with E-state index in [-0.39, 0.29) is 22.9 Å². The SMILES string of the molecule is COc1cc(F)ccc1Oc1ccc(C(F)(F)F)c(F)c1C(=O)Nc1ccnc(C(N)=O)c1. The van der Waals surface area contributed by atoms with Crippen LogP contribution in [0.4, 0.5) is 27.6 Å². The number of nitrogens with zero attached hydrogens (tertiary/aromatic N) is 1. The molecule has 7 nitrogen and oxygen atoms in total. The van der Waals surface area contributed by atoms with Crippen molar-refractivity contribution in [2.45, 2.75) is 6.18 Å². The Hall–Kier alpha value is -4.22. The Balaban J connectivity index is 2.08. The average molecular weight is 467 g/mol. The fraction of sp³-hybridized carbons (Fsp3) is 0.0952. The molecular formula is C21H14F5N3O4. The highest BCUT2D eigenvalue weighted by molar-refractivity contribution is 6.07. The molecule has 0 aliphatic rings. The van der Waals surface area contributed by atoms with E-state index in [0.717, 1.165) is 36.5 Å². The van der Waals surface area contributed by atoms with Gasteiger partial charge in [0.25, 0.3) is 11.8 Å². The fourth-order valence-electron chi connectivity index (χ4n) is 2.75. The van der Waals surface area contributed by atoms with Gasteiger partial charge in [0.2, 0.25) is 0 Å². The highest BCUT2D eigenvalue weighted by Gasteiger charge is 2.37. The molecule has 0 atom stereocenters. The van der Waals surface area contributed by atoms with Crippen LogP contribution in [0.3, 0.4) is 0 Å². The monoisotopic (exact) mass is 467 g/mol. The van der Waals surface area contributed by atoms with Crippen molar-refractivity contribution in [1.82, 2.24) is 4.98 Å². The third-order valence-corrected chi connectivity index (χ3v) is 4.25. The van der Waals surface area contributed by atoms with Gasteiger partial charge in [0, 0.05) is 18.0 Å². The van der Waals surface area contributed by atoms with Crippen molar-refractivity contribution in [3.05, 3.63) is 77.1 Å². The van der Waals surface area contributed by atoms with Crippen molar-refractivity contribution in [2.75, 3.05) is 12.4 Å². The number of benzene rings is 2. The van der Waals surface area contributed by atoms with Crippen LogP contribution in [0.5, 0.6) is 17.2 Å². The molecule has 0 bridgehead atoms. The summed E-state index contributed by atoms with van der Waals surface area (Å²) in [5.74, 6) is -5.79. The van der Waals surface area contributed by atoms with Crippen molar-refractivity contribution >= 4 is 17.5 Å². The van der Waals surface area contributed by atoms with Gasteiger partial charge < -0.3 is 20.5 Å². The smallest absolute Gasteiger partial charge is 0.419 e. The van der Waals surface area contributed by atoms with E-state index in [1.807, 2.05) is 0 Å². The van der Waals surface area contributed by atoms with Gasteiger partial charge in [-0.25, -0.2) is 8.78 Å². The third-order valence-electron chi connectivity index (χ3n) is 4.25. The van der Waals surface area contributed by atoms with Gasteiger partial charge in [0.1, 0.15) is 22.8 Å².